The summed E-state index contributed by atoms with van der Waals surface area (Å²) in [6.45, 7) is 5.00. The lowest BCUT2D eigenvalue weighted by Gasteiger charge is -2.15. The van der Waals surface area contributed by atoms with Gasteiger partial charge in [-0.2, -0.15) is 5.26 Å². The summed E-state index contributed by atoms with van der Waals surface area (Å²) in [6.07, 6.45) is -1.02. The normalized spacial score (nSPS) is 11.2. The zero-order chi connectivity index (χ0) is 20.0. The van der Waals surface area contributed by atoms with Crippen LogP contribution in [0, 0.1) is 25.2 Å². The maximum absolute atomic E-state index is 12.1. The van der Waals surface area contributed by atoms with E-state index in [-0.39, 0.29) is 11.6 Å². The number of halogens is 1. The van der Waals surface area contributed by atoms with Crippen molar-refractivity contribution in [1.29, 1.82) is 5.26 Å². The van der Waals surface area contributed by atoms with Crippen LogP contribution in [-0.2, 0) is 14.3 Å². The van der Waals surface area contributed by atoms with Gasteiger partial charge in [-0.15, -0.1) is 0 Å². The van der Waals surface area contributed by atoms with Gasteiger partial charge in [0, 0.05) is 5.69 Å². The molecule has 0 saturated carbocycles. The molecule has 0 unspecified atom stereocenters. The van der Waals surface area contributed by atoms with Gasteiger partial charge in [0.15, 0.2) is 12.7 Å². The van der Waals surface area contributed by atoms with Gasteiger partial charge in [-0.25, -0.2) is 4.79 Å². The van der Waals surface area contributed by atoms with E-state index in [0.717, 1.165) is 11.1 Å². The van der Waals surface area contributed by atoms with E-state index in [0.29, 0.717) is 17.0 Å². The van der Waals surface area contributed by atoms with E-state index in [1.165, 1.54) is 19.1 Å². The number of anilines is 1. The van der Waals surface area contributed by atoms with Gasteiger partial charge in [-0.05, 0) is 50.6 Å². The molecule has 2 rings (SSSR count). The van der Waals surface area contributed by atoms with Crippen molar-refractivity contribution < 1.29 is 19.1 Å². The van der Waals surface area contributed by atoms with Crippen LogP contribution in [-0.4, -0.2) is 24.6 Å². The smallest absolute Gasteiger partial charge is 0.344 e. The number of aryl methyl sites for hydroxylation is 2. The van der Waals surface area contributed by atoms with E-state index >= 15 is 0 Å². The van der Waals surface area contributed by atoms with Crippen molar-refractivity contribution in [2.75, 3.05) is 11.9 Å². The number of ether oxygens (including phenoxy) is 2. The number of nitrogens with one attached hydrogen (secondary N) is 1. The molecule has 0 heterocycles. The summed E-state index contributed by atoms with van der Waals surface area (Å²) in [5.74, 6) is -0.590. The molecule has 0 spiro atoms. The SMILES string of the molecule is Cc1ccc(OCC(=O)O[C@H](C)C(=O)Nc2ccc(C#N)c(Cl)c2)c(C)c1. The first-order valence-corrected chi connectivity index (χ1v) is 8.58. The first-order valence-electron chi connectivity index (χ1n) is 8.20. The summed E-state index contributed by atoms with van der Waals surface area (Å²) in [4.78, 5) is 24.1. The van der Waals surface area contributed by atoms with Crippen LogP contribution in [0.3, 0.4) is 0 Å². The number of amides is 1. The van der Waals surface area contributed by atoms with Crippen LogP contribution >= 0.6 is 11.6 Å². The topological polar surface area (TPSA) is 88.4 Å². The highest BCUT2D eigenvalue weighted by atomic mass is 35.5. The molecule has 1 atom stereocenters. The van der Waals surface area contributed by atoms with Gasteiger partial charge in [0.05, 0.1) is 10.6 Å². The summed E-state index contributed by atoms with van der Waals surface area (Å²) in [5, 5.41) is 11.7. The van der Waals surface area contributed by atoms with E-state index in [1.54, 1.807) is 12.1 Å². The minimum absolute atomic E-state index is 0.224. The summed E-state index contributed by atoms with van der Waals surface area (Å²) < 4.78 is 10.5. The van der Waals surface area contributed by atoms with Crippen molar-refractivity contribution in [3.8, 4) is 11.8 Å². The molecule has 7 heteroatoms. The largest absolute Gasteiger partial charge is 0.482 e. The van der Waals surface area contributed by atoms with Crippen molar-refractivity contribution in [3.63, 3.8) is 0 Å². The highest BCUT2D eigenvalue weighted by Gasteiger charge is 2.19. The van der Waals surface area contributed by atoms with Gasteiger partial charge in [0.1, 0.15) is 11.8 Å². The van der Waals surface area contributed by atoms with E-state index in [1.807, 2.05) is 32.0 Å². The molecule has 0 saturated heterocycles. The highest BCUT2D eigenvalue weighted by molar-refractivity contribution is 6.32. The van der Waals surface area contributed by atoms with Crippen molar-refractivity contribution in [1.82, 2.24) is 0 Å². The molecule has 0 fully saturated rings. The molecule has 0 aliphatic heterocycles. The lowest BCUT2D eigenvalue weighted by atomic mass is 10.1. The first kappa shape index (κ1) is 20.3. The Bertz CT molecular complexity index is 905. The fourth-order valence-corrected chi connectivity index (χ4v) is 2.53. The second kappa shape index (κ2) is 9.06. The Morgan fingerprint density at radius 1 is 1.22 bits per heavy atom. The third kappa shape index (κ3) is 5.73. The third-order valence-corrected chi connectivity index (χ3v) is 4.02. The van der Waals surface area contributed by atoms with Gasteiger partial charge >= 0.3 is 5.97 Å². The Balaban J connectivity index is 1.87. The Kier molecular flexibility index (Phi) is 6.80. The van der Waals surface area contributed by atoms with Crippen LogP contribution in [0.25, 0.3) is 0 Å². The van der Waals surface area contributed by atoms with Gasteiger partial charge in [-0.3, -0.25) is 4.79 Å². The first-order chi connectivity index (χ1) is 12.8. The number of carbonyl (C=O) groups excluding carboxylic acids is 2. The van der Waals surface area contributed by atoms with E-state index in [4.69, 9.17) is 26.3 Å². The number of nitrogens with zero attached hydrogens (tertiary/aromatic N) is 1. The molecule has 6 nitrogen and oxygen atoms in total. The average Bonchev–Trinajstić information content (AvgIpc) is 2.61. The number of rotatable bonds is 6. The molecule has 0 radical (unpaired) electrons. The number of hydrogen-bond acceptors (Lipinski definition) is 5. The van der Waals surface area contributed by atoms with Crippen LogP contribution in [0.1, 0.15) is 23.6 Å². The van der Waals surface area contributed by atoms with Crippen molar-refractivity contribution in [2.45, 2.75) is 26.9 Å². The second-order valence-corrected chi connectivity index (χ2v) is 6.39. The quantitative estimate of drug-likeness (QED) is 0.763. The predicted octanol–water partition coefficient (Wildman–Crippen LogP) is 3.78. The summed E-state index contributed by atoms with van der Waals surface area (Å²) >= 11 is 5.92. The number of hydrogen-bond donors (Lipinski definition) is 1. The Labute approximate surface area is 162 Å². The van der Waals surface area contributed by atoms with Crippen LogP contribution in [0.5, 0.6) is 5.75 Å². The Morgan fingerprint density at radius 2 is 1.96 bits per heavy atom. The predicted molar refractivity (Wildman–Crippen MR) is 102 cm³/mol. The molecule has 27 heavy (non-hydrogen) atoms. The van der Waals surface area contributed by atoms with Gasteiger partial charge < -0.3 is 14.8 Å². The van der Waals surface area contributed by atoms with Crippen LogP contribution in [0.4, 0.5) is 5.69 Å². The van der Waals surface area contributed by atoms with Crippen molar-refractivity contribution >= 4 is 29.2 Å². The molecule has 2 aromatic rings. The summed E-state index contributed by atoms with van der Waals surface area (Å²) in [7, 11) is 0. The molecule has 0 aromatic heterocycles. The molecule has 140 valence electrons. The zero-order valence-electron chi connectivity index (χ0n) is 15.2. The molecule has 1 amide bonds. The standard InChI is InChI=1S/C20H19ClN2O4/c1-12-4-7-18(13(2)8-12)26-11-19(24)27-14(3)20(25)23-16-6-5-15(10-22)17(21)9-16/h4-9,14H,11H2,1-3H3,(H,23,25)/t14-/m1/s1. The lowest BCUT2D eigenvalue weighted by Crippen LogP contribution is -2.31. The fraction of sp³-hybridized carbons (Fsp3) is 0.250. The third-order valence-electron chi connectivity index (χ3n) is 3.71. The maximum Gasteiger partial charge on any atom is 0.344 e. The highest BCUT2D eigenvalue weighted by Crippen LogP contribution is 2.21. The second-order valence-electron chi connectivity index (χ2n) is 5.99. The molecule has 0 bridgehead atoms. The number of carbonyl (C=O) groups is 2. The maximum atomic E-state index is 12.1. The molecule has 2 aromatic carbocycles. The van der Waals surface area contributed by atoms with Crippen molar-refractivity contribution in [3.05, 3.63) is 58.1 Å². The van der Waals surface area contributed by atoms with Gasteiger partial charge in [-0.1, -0.05) is 29.3 Å². The molecule has 1 N–H and O–H groups in total. The van der Waals surface area contributed by atoms with Crippen LogP contribution < -0.4 is 10.1 Å². The van der Waals surface area contributed by atoms with Gasteiger partial charge in [0.25, 0.3) is 5.91 Å². The molecule has 0 aliphatic carbocycles. The molecular formula is C20H19ClN2O4. The van der Waals surface area contributed by atoms with Crippen LogP contribution in [0.15, 0.2) is 36.4 Å². The van der Waals surface area contributed by atoms with Gasteiger partial charge in [0.2, 0.25) is 0 Å². The number of esters is 1. The molecule has 0 aliphatic rings. The van der Waals surface area contributed by atoms with Crippen molar-refractivity contribution in [2.24, 2.45) is 0 Å². The van der Waals surface area contributed by atoms with E-state index in [2.05, 4.69) is 5.32 Å². The minimum atomic E-state index is -1.02. The number of benzene rings is 2. The number of nitriles is 1. The minimum Gasteiger partial charge on any atom is -0.482 e. The van der Waals surface area contributed by atoms with E-state index < -0.39 is 18.0 Å². The monoisotopic (exact) mass is 386 g/mol. The molecular weight excluding hydrogens is 368 g/mol. The Hall–Kier alpha value is -3.04. The zero-order valence-corrected chi connectivity index (χ0v) is 16.0. The lowest BCUT2D eigenvalue weighted by molar-refractivity contribution is -0.155. The van der Waals surface area contributed by atoms with E-state index in [9.17, 15) is 9.59 Å². The summed E-state index contributed by atoms with van der Waals surface area (Å²) in [5.41, 5.74) is 2.71. The average molecular weight is 387 g/mol. The fourth-order valence-electron chi connectivity index (χ4n) is 2.31. The summed E-state index contributed by atoms with van der Waals surface area (Å²) in [6, 6.07) is 12.0. The Morgan fingerprint density at radius 3 is 2.59 bits per heavy atom. The van der Waals surface area contributed by atoms with Crippen LogP contribution in [0.2, 0.25) is 5.02 Å².